The van der Waals surface area contributed by atoms with Gasteiger partial charge in [0.15, 0.2) is 5.89 Å². The van der Waals surface area contributed by atoms with E-state index in [0.29, 0.717) is 6.61 Å². The molecule has 0 atom stereocenters. The van der Waals surface area contributed by atoms with Crippen molar-refractivity contribution in [3.05, 3.63) is 71.4 Å². The van der Waals surface area contributed by atoms with Crippen molar-refractivity contribution in [2.75, 3.05) is 13.3 Å². The highest BCUT2D eigenvalue weighted by Gasteiger charge is 2.12. The molecule has 0 aliphatic rings. The number of aromatic nitrogens is 1. The fourth-order valence-electron chi connectivity index (χ4n) is 3.04. The molecule has 1 aromatic heterocycles. The molecule has 0 spiro atoms. The average Bonchev–Trinajstić information content (AvgIpc) is 3.12. The van der Waals surface area contributed by atoms with Crippen LogP contribution in [0.5, 0.6) is 5.75 Å². The van der Waals surface area contributed by atoms with Crippen LogP contribution in [0.2, 0.25) is 0 Å². The van der Waals surface area contributed by atoms with Crippen molar-refractivity contribution in [2.24, 2.45) is 0 Å². The number of aryl methyl sites for hydroxylation is 3. The molecule has 3 rings (SSSR count). The van der Waals surface area contributed by atoms with E-state index in [9.17, 15) is 0 Å². The predicted molar refractivity (Wildman–Crippen MR) is 128 cm³/mol. The second-order valence-electron chi connectivity index (χ2n) is 7.13. The Morgan fingerprint density at radius 2 is 1.83 bits per heavy atom. The monoisotopic (exact) mass is 426 g/mol. The quantitative estimate of drug-likeness (QED) is 0.303. The zero-order chi connectivity index (χ0) is 21.8. The molecule has 0 bridgehead atoms. The van der Waals surface area contributed by atoms with E-state index in [1.165, 1.54) is 18.4 Å². The number of nitrogens with zero attached hydrogens (tertiary/aromatic N) is 1. The van der Waals surface area contributed by atoms with Gasteiger partial charge in [-0.15, -0.1) is 0 Å². The van der Waals surface area contributed by atoms with Crippen molar-refractivity contribution in [3.8, 4) is 16.9 Å². The highest BCUT2D eigenvalue weighted by atomic mass is 32.2. The maximum absolute atomic E-state index is 6.11. The molecule has 0 amide bonds. The van der Waals surface area contributed by atoms with Crippen molar-refractivity contribution in [1.29, 1.82) is 0 Å². The zero-order valence-corrected chi connectivity index (χ0v) is 19.6. The lowest BCUT2D eigenvalue weighted by Crippen LogP contribution is -1.99. The Morgan fingerprint density at radius 1 is 1.07 bits per heavy atom. The topological polar surface area (TPSA) is 47.3 Å². The summed E-state index contributed by atoms with van der Waals surface area (Å²) in [4.78, 5) is 4.62. The Bertz CT molecular complexity index is 890. The molecular weight excluding hydrogens is 392 g/mol. The van der Waals surface area contributed by atoms with Crippen LogP contribution in [0.3, 0.4) is 0 Å². The summed E-state index contributed by atoms with van der Waals surface area (Å²) in [5.41, 5.74) is 4.38. The van der Waals surface area contributed by atoms with Gasteiger partial charge in [0.2, 0.25) is 0 Å². The average molecular weight is 427 g/mol. The number of ether oxygens (including phenoxy) is 1. The normalized spacial score (nSPS) is 10.4. The first-order valence-corrected chi connectivity index (χ1v) is 11.7. The van der Waals surface area contributed by atoms with Crippen molar-refractivity contribution in [2.45, 2.75) is 53.1 Å². The SMILES string of the molecule is CCCCCc1nc(COc2ccccc2-c2cccc(C)c2)c(C)o1.CNSC. The van der Waals surface area contributed by atoms with Gasteiger partial charge in [-0.05, 0) is 45.2 Å². The lowest BCUT2D eigenvalue weighted by atomic mass is 10.0. The van der Waals surface area contributed by atoms with Gasteiger partial charge < -0.3 is 9.15 Å². The summed E-state index contributed by atoms with van der Waals surface area (Å²) in [5.74, 6) is 2.54. The van der Waals surface area contributed by atoms with E-state index >= 15 is 0 Å². The molecule has 2 aromatic carbocycles. The number of benzene rings is 2. The Kier molecular flexibility index (Phi) is 10.5. The summed E-state index contributed by atoms with van der Waals surface area (Å²) in [6, 6.07) is 16.6. The molecule has 3 aromatic rings. The summed E-state index contributed by atoms with van der Waals surface area (Å²) in [7, 11) is 1.89. The number of nitrogens with one attached hydrogen (secondary N) is 1. The van der Waals surface area contributed by atoms with Crippen LogP contribution in [0.25, 0.3) is 11.1 Å². The summed E-state index contributed by atoms with van der Waals surface area (Å²) in [5, 5.41) is 0. The lowest BCUT2D eigenvalue weighted by molar-refractivity contribution is 0.301. The Morgan fingerprint density at radius 3 is 2.53 bits per heavy atom. The first-order valence-electron chi connectivity index (χ1n) is 10.5. The first-order chi connectivity index (χ1) is 14.6. The molecule has 1 N–H and O–H groups in total. The van der Waals surface area contributed by atoms with E-state index < -0.39 is 0 Å². The molecule has 1 heterocycles. The van der Waals surface area contributed by atoms with Crippen molar-refractivity contribution in [3.63, 3.8) is 0 Å². The van der Waals surface area contributed by atoms with Crippen LogP contribution in [0.15, 0.2) is 52.9 Å². The van der Waals surface area contributed by atoms with Crippen LogP contribution in [0, 0.1) is 13.8 Å². The van der Waals surface area contributed by atoms with Gasteiger partial charge in [-0.1, -0.05) is 79.7 Å². The molecule has 162 valence electrons. The summed E-state index contributed by atoms with van der Waals surface area (Å²) < 4.78 is 14.8. The Labute approximate surface area is 185 Å². The minimum Gasteiger partial charge on any atom is -0.487 e. The number of oxazole rings is 1. The third-order valence-electron chi connectivity index (χ3n) is 4.72. The van der Waals surface area contributed by atoms with Gasteiger partial charge in [-0.3, -0.25) is 4.72 Å². The molecule has 0 saturated heterocycles. The van der Waals surface area contributed by atoms with Crippen molar-refractivity contribution >= 4 is 11.9 Å². The standard InChI is InChI=1S/C23H27NO2.C2H7NS/c1-4-5-6-14-23-24-21(18(3)26-23)16-25-22-13-8-7-12-20(22)19-11-9-10-17(2)15-19;1-3-4-2/h7-13,15H,4-6,14,16H2,1-3H3;3H,1-2H3. The maximum Gasteiger partial charge on any atom is 0.194 e. The molecule has 4 nitrogen and oxygen atoms in total. The number of para-hydroxylation sites is 1. The summed E-state index contributed by atoms with van der Waals surface area (Å²) in [6.45, 7) is 6.69. The summed E-state index contributed by atoms with van der Waals surface area (Å²) in [6.07, 6.45) is 6.41. The molecule has 0 unspecified atom stereocenters. The van der Waals surface area contributed by atoms with Crippen LogP contribution in [-0.4, -0.2) is 18.3 Å². The van der Waals surface area contributed by atoms with Crippen LogP contribution >= 0.6 is 11.9 Å². The second kappa shape index (κ2) is 13.1. The number of hydrogen-bond acceptors (Lipinski definition) is 5. The largest absolute Gasteiger partial charge is 0.487 e. The van der Waals surface area contributed by atoms with E-state index in [1.54, 1.807) is 11.9 Å². The molecule has 0 aliphatic heterocycles. The number of rotatable bonds is 9. The maximum atomic E-state index is 6.11. The molecule has 0 aliphatic carbocycles. The van der Waals surface area contributed by atoms with E-state index in [0.717, 1.165) is 47.1 Å². The highest BCUT2D eigenvalue weighted by Crippen LogP contribution is 2.31. The van der Waals surface area contributed by atoms with E-state index in [1.807, 2.05) is 38.4 Å². The van der Waals surface area contributed by atoms with Crippen LogP contribution in [0.4, 0.5) is 0 Å². The minimum atomic E-state index is 0.423. The van der Waals surface area contributed by atoms with Crippen molar-refractivity contribution in [1.82, 2.24) is 9.71 Å². The van der Waals surface area contributed by atoms with Crippen LogP contribution in [-0.2, 0) is 13.0 Å². The van der Waals surface area contributed by atoms with Gasteiger partial charge in [-0.25, -0.2) is 4.98 Å². The number of unbranched alkanes of at least 4 members (excludes halogenated alkanes) is 2. The number of hydrogen-bond donors (Lipinski definition) is 1. The van der Waals surface area contributed by atoms with Gasteiger partial charge in [0.05, 0.1) is 0 Å². The Hall–Kier alpha value is -2.24. The fourth-order valence-corrected chi connectivity index (χ4v) is 3.04. The third-order valence-corrected chi connectivity index (χ3v) is 5.12. The van der Waals surface area contributed by atoms with Gasteiger partial charge >= 0.3 is 0 Å². The van der Waals surface area contributed by atoms with E-state index in [2.05, 4.69) is 53.9 Å². The van der Waals surface area contributed by atoms with Gasteiger partial charge in [0.1, 0.15) is 23.8 Å². The van der Waals surface area contributed by atoms with Crippen LogP contribution < -0.4 is 9.46 Å². The van der Waals surface area contributed by atoms with Crippen LogP contribution in [0.1, 0.15) is 49.1 Å². The molecule has 0 saturated carbocycles. The predicted octanol–water partition coefficient (Wildman–Crippen LogP) is 6.75. The van der Waals surface area contributed by atoms with E-state index in [4.69, 9.17) is 9.15 Å². The second-order valence-corrected chi connectivity index (χ2v) is 7.95. The first kappa shape index (κ1) is 24.0. The molecule has 0 fully saturated rings. The smallest absolute Gasteiger partial charge is 0.194 e. The zero-order valence-electron chi connectivity index (χ0n) is 18.8. The molecule has 30 heavy (non-hydrogen) atoms. The highest BCUT2D eigenvalue weighted by molar-refractivity contribution is 7.96. The van der Waals surface area contributed by atoms with Gasteiger partial charge in [0.25, 0.3) is 0 Å². The lowest BCUT2D eigenvalue weighted by Gasteiger charge is -2.11. The third kappa shape index (κ3) is 7.54. The van der Waals surface area contributed by atoms with Gasteiger partial charge in [-0.2, -0.15) is 0 Å². The fraction of sp³-hybridized carbons (Fsp3) is 0.400. The Balaban J connectivity index is 0.000000735. The van der Waals surface area contributed by atoms with Gasteiger partial charge in [0, 0.05) is 12.0 Å². The van der Waals surface area contributed by atoms with E-state index in [-0.39, 0.29) is 0 Å². The molecule has 5 heteroatoms. The molecule has 0 radical (unpaired) electrons. The summed E-state index contributed by atoms with van der Waals surface area (Å²) >= 11 is 1.61. The minimum absolute atomic E-state index is 0.423. The molecular formula is C25H34N2O2S. The van der Waals surface area contributed by atoms with Crippen molar-refractivity contribution < 1.29 is 9.15 Å².